The molecule has 0 spiro atoms. The molecule has 8 nitrogen and oxygen atoms in total. The van der Waals surface area contributed by atoms with Gasteiger partial charge in [-0.1, -0.05) is 18.2 Å². The van der Waals surface area contributed by atoms with E-state index in [1.54, 1.807) is 6.92 Å². The summed E-state index contributed by atoms with van der Waals surface area (Å²) in [5.74, 6) is -3.27. The summed E-state index contributed by atoms with van der Waals surface area (Å²) in [6.07, 6.45) is -5.20. The molecule has 0 bridgehead atoms. The fourth-order valence-corrected chi connectivity index (χ4v) is 2.30. The summed E-state index contributed by atoms with van der Waals surface area (Å²) in [4.78, 5) is 39.8. The van der Waals surface area contributed by atoms with E-state index in [-0.39, 0.29) is 28.7 Å². The van der Waals surface area contributed by atoms with Gasteiger partial charge in [-0.25, -0.2) is 4.79 Å². The van der Waals surface area contributed by atoms with E-state index in [9.17, 15) is 27.6 Å². The minimum absolute atomic E-state index is 0.00265. The summed E-state index contributed by atoms with van der Waals surface area (Å²) in [6, 6.07) is 10.0. The molecule has 2 rings (SSSR count). The summed E-state index contributed by atoms with van der Waals surface area (Å²) < 4.78 is 48.7. The van der Waals surface area contributed by atoms with Crippen molar-refractivity contribution in [2.45, 2.75) is 13.3 Å². The Morgan fingerprint density at radius 2 is 1.73 bits per heavy atom. The van der Waals surface area contributed by atoms with Gasteiger partial charge in [-0.15, -0.1) is 13.2 Å². The average molecular weight is 426 g/mol. The summed E-state index contributed by atoms with van der Waals surface area (Å²) in [7, 11) is 0. The van der Waals surface area contributed by atoms with E-state index < -0.39 is 36.3 Å². The predicted molar refractivity (Wildman–Crippen MR) is 97.5 cm³/mol. The fraction of sp³-hybridized carbons (Fsp3) is 0.211. The molecule has 0 aliphatic carbocycles. The first-order chi connectivity index (χ1) is 14.1. The van der Waals surface area contributed by atoms with Gasteiger partial charge in [-0.05, 0) is 37.3 Å². The molecule has 0 radical (unpaired) electrons. The number of nitrogens with two attached hydrogens (primary N) is 1. The van der Waals surface area contributed by atoms with Gasteiger partial charge in [0.05, 0.1) is 17.9 Å². The summed E-state index contributed by atoms with van der Waals surface area (Å²) in [5.41, 5.74) is 4.31. The molecule has 30 heavy (non-hydrogen) atoms. The number of ether oxygens (including phenoxy) is 2. The Bertz CT molecular complexity index is 918. The van der Waals surface area contributed by atoms with Crippen LogP contribution in [0, 0.1) is 0 Å². The number of para-hydroxylation sites is 1. The van der Waals surface area contributed by atoms with Crippen LogP contribution in [-0.4, -0.2) is 37.4 Å². The highest BCUT2D eigenvalue weighted by Gasteiger charge is 2.37. The molecule has 2 N–H and O–H groups in total. The van der Waals surface area contributed by atoms with Crippen molar-refractivity contribution in [3.05, 3.63) is 59.7 Å². The number of primary amides is 1. The van der Waals surface area contributed by atoms with Gasteiger partial charge in [0.2, 0.25) is 5.91 Å². The molecule has 0 saturated heterocycles. The van der Waals surface area contributed by atoms with Gasteiger partial charge in [0, 0.05) is 5.56 Å². The van der Waals surface area contributed by atoms with Crippen LogP contribution in [0.5, 0.6) is 5.75 Å². The third-order valence-electron chi connectivity index (χ3n) is 3.52. The van der Waals surface area contributed by atoms with Crippen LogP contribution in [0.15, 0.2) is 48.5 Å². The number of carbonyl (C=O) groups is 3. The number of rotatable bonds is 8. The lowest BCUT2D eigenvalue weighted by Crippen LogP contribution is -2.37. The van der Waals surface area contributed by atoms with Crippen molar-refractivity contribution in [3.63, 3.8) is 0 Å². The SMILES string of the molecule is CCOC(=O)COc1ccc(C(N)=O)cc1C(=O)N(OC(F)(F)F)c1ccccc1. The third-order valence-corrected chi connectivity index (χ3v) is 3.52. The van der Waals surface area contributed by atoms with Crippen LogP contribution >= 0.6 is 0 Å². The summed E-state index contributed by atoms with van der Waals surface area (Å²) in [6.45, 7) is 1.03. The van der Waals surface area contributed by atoms with Crippen LogP contribution in [0.1, 0.15) is 27.6 Å². The standard InChI is InChI=1S/C19H17F3N2O6/c1-2-28-16(25)11-29-15-9-8-12(17(23)26)10-14(15)18(27)24(30-19(20,21)22)13-6-4-3-5-7-13/h3-10H,2,11H2,1H3,(H2,23,26). The number of carbonyl (C=O) groups excluding carboxylic acids is 3. The van der Waals surface area contributed by atoms with E-state index in [0.29, 0.717) is 0 Å². The lowest BCUT2D eigenvalue weighted by atomic mass is 10.1. The first-order valence-corrected chi connectivity index (χ1v) is 8.50. The number of nitrogens with zero attached hydrogens (tertiary/aromatic N) is 1. The molecule has 2 amide bonds. The Kier molecular flexibility index (Phi) is 7.37. The topological polar surface area (TPSA) is 108 Å². The largest absolute Gasteiger partial charge is 0.544 e. The van der Waals surface area contributed by atoms with Crippen molar-refractivity contribution >= 4 is 23.5 Å². The number of hydrogen-bond donors (Lipinski definition) is 1. The highest BCUT2D eigenvalue weighted by molar-refractivity contribution is 6.08. The molecule has 2 aromatic carbocycles. The number of alkyl halides is 3. The summed E-state index contributed by atoms with van der Waals surface area (Å²) >= 11 is 0. The van der Waals surface area contributed by atoms with Crippen molar-refractivity contribution in [2.24, 2.45) is 5.73 Å². The molecule has 0 atom stereocenters. The van der Waals surface area contributed by atoms with Crippen LogP contribution in [0.3, 0.4) is 0 Å². The second-order valence-corrected chi connectivity index (χ2v) is 5.64. The highest BCUT2D eigenvalue weighted by Crippen LogP contribution is 2.29. The van der Waals surface area contributed by atoms with Gasteiger partial charge in [0.15, 0.2) is 6.61 Å². The van der Waals surface area contributed by atoms with Gasteiger partial charge >= 0.3 is 12.3 Å². The van der Waals surface area contributed by atoms with Crippen LogP contribution < -0.4 is 15.5 Å². The van der Waals surface area contributed by atoms with Crippen molar-refractivity contribution in [2.75, 3.05) is 18.3 Å². The molecule has 0 heterocycles. The zero-order valence-electron chi connectivity index (χ0n) is 15.6. The van der Waals surface area contributed by atoms with Crippen LogP contribution in [-0.2, 0) is 14.4 Å². The zero-order valence-corrected chi connectivity index (χ0v) is 15.6. The molecule has 0 aromatic heterocycles. The van der Waals surface area contributed by atoms with E-state index >= 15 is 0 Å². The smallest absolute Gasteiger partial charge is 0.481 e. The maximum absolute atomic E-state index is 12.9. The number of amides is 2. The Hall–Kier alpha value is -3.60. The Morgan fingerprint density at radius 1 is 1.07 bits per heavy atom. The Labute approximate surface area is 168 Å². The lowest BCUT2D eigenvalue weighted by Gasteiger charge is -2.23. The molecular weight excluding hydrogens is 409 g/mol. The molecule has 0 fully saturated rings. The van der Waals surface area contributed by atoms with E-state index in [1.165, 1.54) is 36.4 Å². The van der Waals surface area contributed by atoms with Crippen molar-refractivity contribution in [3.8, 4) is 5.75 Å². The quantitative estimate of drug-likeness (QED) is 0.514. The highest BCUT2D eigenvalue weighted by atomic mass is 19.4. The minimum atomic E-state index is -5.20. The van der Waals surface area contributed by atoms with Gasteiger partial charge in [-0.3, -0.25) is 9.59 Å². The van der Waals surface area contributed by atoms with Crippen molar-refractivity contribution < 1.29 is 41.9 Å². The average Bonchev–Trinajstić information content (AvgIpc) is 2.70. The number of hydroxylamine groups is 1. The molecule has 2 aromatic rings. The van der Waals surface area contributed by atoms with Crippen LogP contribution in [0.4, 0.5) is 18.9 Å². The normalized spacial score (nSPS) is 10.9. The van der Waals surface area contributed by atoms with Crippen LogP contribution in [0.2, 0.25) is 0 Å². The van der Waals surface area contributed by atoms with Crippen molar-refractivity contribution in [1.29, 1.82) is 0 Å². The predicted octanol–water partition coefficient (Wildman–Crippen LogP) is 2.83. The van der Waals surface area contributed by atoms with E-state index in [2.05, 4.69) is 4.84 Å². The zero-order chi connectivity index (χ0) is 22.3. The second kappa shape index (κ2) is 9.74. The molecule has 0 aliphatic heterocycles. The monoisotopic (exact) mass is 426 g/mol. The number of benzene rings is 2. The second-order valence-electron chi connectivity index (χ2n) is 5.64. The van der Waals surface area contributed by atoms with Gasteiger partial charge < -0.3 is 15.2 Å². The maximum Gasteiger partial charge on any atom is 0.544 e. The summed E-state index contributed by atoms with van der Waals surface area (Å²) in [5, 5.41) is -0.00265. The fourth-order valence-electron chi connectivity index (χ4n) is 2.30. The Balaban J connectivity index is 2.47. The molecule has 0 aliphatic rings. The lowest BCUT2D eigenvalue weighted by molar-refractivity contribution is -0.325. The number of hydrogen-bond acceptors (Lipinski definition) is 6. The van der Waals surface area contributed by atoms with E-state index in [4.69, 9.17) is 15.2 Å². The van der Waals surface area contributed by atoms with E-state index in [1.807, 2.05) is 0 Å². The molecular formula is C19H17F3N2O6. The number of anilines is 1. The van der Waals surface area contributed by atoms with Crippen molar-refractivity contribution in [1.82, 2.24) is 0 Å². The number of esters is 1. The number of halogens is 3. The minimum Gasteiger partial charge on any atom is -0.481 e. The molecule has 0 saturated carbocycles. The van der Waals surface area contributed by atoms with Gasteiger partial charge in [0.1, 0.15) is 5.75 Å². The molecule has 11 heteroatoms. The van der Waals surface area contributed by atoms with E-state index in [0.717, 1.165) is 12.1 Å². The third kappa shape index (κ3) is 6.21. The Morgan fingerprint density at radius 3 is 2.30 bits per heavy atom. The molecule has 0 unspecified atom stereocenters. The van der Waals surface area contributed by atoms with Crippen LogP contribution in [0.25, 0.3) is 0 Å². The van der Waals surface area contributed by atoms with Gasteiger partial charge in [-0.2, -0.15) is 9.90 Å². The maximum atomic E-state index is 12.9. The molecule has 160 valence electrons. The first-order valence-electron chi connectivity index (χ1n) is 8.50. The van der Waals surface area contributed by atoms with Gasteiger partial charge in [0.25, 0.3) is 5.91 Å². The first kappa shape index (κ1) is 22.7.